The molecule has 1 heterocycles. The molecular weight excluding hydrogens is 198 g/mol. The summed E-state index contributed by atoms with van der Waals surface area (Å²) in [6.07, 6.45) is -0.884. The van der Waals surface area contributed by atoms with Crippen molar-refractivity contribution in [3.05, 3.63) is 0 Å². The fourth-order valence-corrected chi connectivity index (χ4v) is 1.46. The number of rotatable bonds is 1. The fourth-order valence-electron chi connectivity index (χ4n) is 1.46. The maximum atomic E-state index is 11.9. The predicted octanol–water partition coefficient (Wildman–Crippen LogP) is 0.344. The van der Waals surface area contributed by atoms with Gasteiger partial charge in [0.25, 0.3) is 0 Å². The lowest BCUT2D eigenvalue weighted by molar-refractivity contribution is -0.161. The number of nitrogens with zero attached hydrogens (tertiary/aromatic N) is 1. The van der Waals surface area contributed by atoms with Crippen molar-refractivity contribution in [2.24, 2.45) is 5.41 Å². The minimum absolute atomic E-state index is 0.0305. The second-order valence-corrected chi connectivity index (χ2v) is 4.70. The van der Waals surface area contributed by atoms with Gasteiger partial charge >= 0.3 is 5.97 Å². The molecule has 0 aliphatic carbocycles. The van der Waals surface area contributed by atoms with Gasteiger partial charge in [-0.2, -0.15) is 0 Å². The Morgan fingerprint density at radius 1 is 1.40 bits per heavy atom. The molecule has 0 saturated carbocycles. The van der Waals surface area contributed by atoms with Gasteiger partial charge in [0.2, 0.25) is 5.91 Å². The number of carboxylic acids is 1. The van der Waals surface area contributed by atoms with E-state index >= 15 is 0 Å². The largest absolute Gasteiger partial charge is 0.479 e. The molecule has 1 unspecified atom stereocenters. The molecule has 0 aromatic heterocycles. The maximum absolute atomic E-state index is 11.9. The maximum Gasteiger partial charge on any atom is 0.334 e. The Kier molecular flexibility index (Phi) is 3.34. The topological polar surface area (TPSA) is 66.8 Å². The molecule has 1 amide bonds. The van der Waals surface area contributed by atoms with Crippen molar-refractivity contribution < 1.29 is 19.4 Å². The number of hydrogen-bond acceptors (Lipinski definition) is 3. The first-order valence-corrected chi connectivity index (χ1v) is 4.96. The van der Waals surface area contributed by atoms with E-state index in [-0.39, 0.29) is 12.5 Å². The van der Waals surface area contributed by atoms with Crippen LogP contribution in [-0.2, 0) is 14.3 Å². The van der Waals surface area contributed by atoms with Gasteiger partial charge < -0.3 is 14.7 Å². The highest BCUT2D eigenvalue weighted by Crippen LogP contribution is 2.19. The number of aliphatic carboxylic acids is 1. The first-order chi connectivity index (χ1) is 6.82. The Hall–Kier alpha value is -1.10. The van der Waals surface area contributed by atoms with E-state index in [1.165, 1.54) is 0 Å². The molecule has 1 fully saturated rings. The Bertz CT molecular complexity index is 269. The van der Waals surface area contributed by atoms with Crippen LogP contribution in [-0.4, -0.2) is 47.7 Å². The van der Waals surface area contributed by atoms with Crippen LogP contribution in [0.4, 0.5) is 0 Å². The highest BCUT2D eigenvalue weighted by atomic mass is 16.5. The summed E-state index contributed by atoms with van der Waals surface area (Å²) in [5.41, 5.74) is -0.472. The van der Waals surface area contributed by atoms with Crippen molar-refractivity contribution in [2.45, 2.75) is 26.9 Å². The molecular formula is C10H17NO4. The molecule has 1 aliphatic heterocycles. The zero-order valence-electron chi connectivity index (χ0n) is 9.32. The van der Waals surface area contributed by atoms with E-state index in [2.05, 4.69) is 0 Å². The van der Waals surface area contributed by atoms with E-state index in [0.717, 1.165) is 0 Å². The van der Waals surface area contributed by atoms with Crippen molar-refractivity contribution in [3.8, 4) is 0 Å². The van der Waals surface area contributed by atoms with Gasteiger partial charge in [0.05, 0.1) is 13.2 Å². The number of carbonyl (C=O) groups excluding carboxylic acids is 1. The van der Waals surface area contributed by atoms with Crippen LogP contribution in [0.3, 0.4) is 0 Å². The quantitative estimate of drug-likeness (QED) is 0.685. The molecule has 0 aromatic carbocycles. The van der Waals surface area contributed by atoms with Crippen LogP contribution < -0.4 is 0 Å². The summed E-state index contributed by atoms with van der Waals surface area (Å²) in [5.74, 6) is -1.04. The van der Waals surface area contributed by atoms with Gasteiger partial charge in [0.15, 0.2) is 6.10 Å². The summed E-state index contributed by atoms with van der Waals surface area (Å²) >= 11 is 0. The molecule has 5 nitrogen and oxygen atoms in total. The zero-order chi connectivity index (χ0) is 11.6. The molecule has 86 valence electrons. The van der Waals surface area contributed by atoms with E-state index in [1.54, 1.807) is 4.90 Å². The van der Waals surface area contributed by atoms with Crippen LogP contribution in [0, 0.1) is 5.41 Å². The van der Waals surface area contributed by atoms with Gasteiger partial charge in [-0.1, -0.05) is 20.8 Å². The molecule has 1 atom stereocenters. The van der Waals surface area contributed by atoms with Gasteiger partial charge in [0.1, 0.15) is 0 Å². The molecule has 0 radical (unpaired) electrons. The van der Waals surface area contributed by atoms with Crippen molar-refractivity contribution in [3.63, 3.8) is 0 Å². The third-order valence-corrected chi connectivity index (χ3v) is 2.27. The van der Waals surface area contributed by atoms with E-state index < -0.39 is 17.5 Å². The van der Waals surface area contributed by atoms with Crippen LogP contribution >= 0.6 is 0 Å². The summed E-state index contributed by atoms with van der Waals surface area (Å²) in [7, 11) is 0. The minimum atomic E-state index is -1.01. The number of amides is 1. The summed E-state index contributed by atoms with van der Waals surface area (Å²) < 4.78 is 5.04. The first-order valence-electron chi connectivity index (χ1n) is 4.96. The van der Waals surface area contributed by atoms with Crippen molar-refractivity contribution in [1.29, 1.82) is 0 Å². The van der Waals surface area contributed by atoms with Gasteiger partial charge in [-0.05, 0) is 0 Å². The number of hydrogen-bond donors (Lipinski definition) is 1. The normalized spacial score (nSPS) is 22.6. The monoisotopic (exact) mass is 215 g/mol. The molecule has 1 aliphatic rings. The predicted molar refractivity (Wildman–Crippen MR) is 53.4 cm³/mol. The molecule has 0 spiro atoms. The van der Waals surface area contributed by atoms with E-state index in [0.29, 0.717) is 13.2 Å². The SMILES string of the molecule is CC(C)(C)C(=O)N1CCOC(C(=O)O)C1. The standard InChI is InChI=1S/C10H17NO4/c1-10(2,3)9(14)11-4-5-15-7(6-11)8(12)13/h7H,4-6H2,1-3H3,(H,12,13). The smallest absolute Gasteiger partial charge is 0.334 e. The Morgan fingerprint density at radius 2 is 2.00 bits per heavy atom. The van der Waals surface area contributed by atoms with Gasteiger partial charge in [-0.3, -0.25) is 4.79 Å². The number of morpholine rings is 1. The fraction of sp³-hybridized carbons (Fsp3) is 0.800. The number of carbonyl (C=O) groups is 2. The summed E-state index contributed by atoms with van der Waals surface area (Å²) in [4.78, 5) is 24.1. The van der Waals surface area contributed by atoms with Crippen molar-refractivity contribution >= 4 is 11.9 Å². The molecule has 1 N–H and O–H groups in total. The summed E-state index contributed by atoms with van der Waals surface area (Å²) in [6, 6.07) is 0. The lowest BCUT2D eigenvalue weighted by atomic mass is 9.94. The van der Waals surface area contributed by atoms with Gasteiger partial charge in [-0.25, -0.2) is 4.79 Å². The highest BCUT2D eigenvalue weighted by Gasteiger charge is 2.33. The number of ether oxygens (including phenoxy) is 1. The van der Waals surface area contributed by atoms with Crippen LogP contribution in [0.15, 0.2) is 0 Å². The second kappa shape index (κ2) is 4.18. The zero-order valence-corrected chi connectivity index (χ0v) is 9.32. The summed E-state index contributed by atoms with van der Waals surface area (Å²) in [6.45, 7) is 6.37. The summed E-state index contributed by atoms with van der Waals surface area (Å²) in [5, 5.41) is 8.78. The third kappa shape index (κ3) is 2.92. The Balaban J connectivity index is 2.64. The van der Waals surface area contributed by atoms with Crippen molar-refractivity contribution in [2.75, 3.05) is 19.7 Å². The second-order valence-electron chi connectivity index (χ2n) is 4.70. The first kappa shape index (κ1) is 12.0. The van der Waals surface area contributed by atoms with E-state index in [1.807, 2.05) is 20.8 Å². The lowest BCUT2D eigenvalue weighted by Gasteiger charge is -2.34. The molecule has 15 heavy (non-hydrogen) atoms. The highest BCUT2D eigenvalue weighted by molar-refractivity contribution is 5.82. The minimum Gasteiger partial charge on any atom is -0.479 e. The van der Waals surface area contributed by atoms with Gasteiger partial charge in [0, 0.05) is 12.0 Å². The average Bonchev–Trinajstić information content (AvgIpc) is 2.15. The Labute approximate surface area is 89.0 Å². The van der Waals surface area contributed by atoms with Crippen molar-refractivity contribution in [1.82, 2.24) is 4.90 Å². The van der Waals surface area contributed by atoms with Crippen LogP contribution in [0.25, 0.3) is 0 Å². The van der Waals surface area contributed by atoms with E-state index in [4.69, 9.17) is 9.84 Å². The lowest BCUT2D eigenvalue weighted by Crippen LogP contribution is -2.51. The van der Waals surface area contributed by atoms with Crippen LogP contribution in [0.1, 0.15) is 20.8 Å². The molecule has 0 aromatic rings. The average molecular weight is 215 g/mol. The molecule has 0 bridgehead atoms. The van der Waals surface area contributed by atoms with Crippen LogP contribution in [0.5, 0.6) is 0 Å². The van der Waals surface area contributed by atoms with Gasteiger partial charge in [-0.15, -0.1) is 0 Å². The Morgan fingerprint density at radius 3 is 2.47 bits per heavy atom. The molecule has 1 rings (SSSR count). The van der Waals surface area contributed by atoms with Crippen LogP contribution in [0.2, 0.25) is 0 Å². The number of carboxylic acid groups (broad SMARTS) is 1. The molecule has 1 saturated heterocycles. The molecule has 5 heteroatoms. The van der Waals surface area contributed by atoms with E-state index in [9.17, 15) is 9.59 Å². The third-order valence-electron chi connectivity index (χ3n) is 2.27.